The minimum Gasteiger partial charge on any atom is -0.495 e. The van der Waals surface area contributed by atoms with Gasteiger partial charge in [0.1, 0.15) is 11.6 Å². The van der Waals surface area contributed by atoms with Crippen LogP contribution in [0.1, 0.15) is 15.9 Å². The molecule has 0 saturated heterocycles. The van der Waals surface area contributed by atoms with Crippen molar-refractivity contribution in [3.05, 3.63) is 83.0 Å². The van der Waals surface area contributed by atoms with Gasteiger partial charge < -0.3 is 15.4 Å². The van der Waals surface area contributed by atoms with Crippen LogP contribution in [-0.4, -0.2) is 18.0 Å². The SMILES string of the molecule is COc1ccccc1NC(=O)c1ccnc(NCc2ccc(Cl)cc2)c1. The maximum Gasteiger partial charge on any atom is 0.255 e. The zero-order valence-corrected chi connectivity index (χ0v) is 15.0. The van der Waals surface area contributed by atoms with E-state index >= 15 is 0 Å². The predicted molar refractivity (Wildman–Crippen MR) is 104 cm³/mol. The molecule has 5 nitrogen and oxygen atoms in total. The minimum atomic E-state index is -0.230. The van der Waals surface area contributed by atoms with Crippen LogP contribution in [0, 0.1) is 0 Å². The van der Waals surface area contributed by atoms with Gasteiger partial charge in [0.15, 0.2) is 0 Å². The average Bonchev–Trinajstić information content (AvgIpc) is 2.68. The van der Waals surface area contributed by atoms with E-state index in [0.29, 0.717) is 34.4 Å². The van der Waals surface area contributed by atoms with Crippen molar-refractivity contribution in [2.45, 2.75) is 6.54 Å². The maximum absolute atomic E-state index is 12.5. The van der Waals surface area contributed by atoms with Gasteiger partial charge in [-0.3, -0.25) is 4.79 Å². The second-order valence-electron chi connectivity index (χ2n) is 5.56. The average molecular weight is 368 g/mol. The third kappa shape index (κ3) is 4.52. The first kappa shape index (κ1) is 17.8. The molecule has 3 rings (SSSR count). The van der Waals surface area contributed by atoms with Crippen molar-refractivity contribution in [3.63, 3.8) is 0 Å². The molecule has 2 N–H and O–H groups in total. The van der Waals surface area contributed by atoms with Crippen molar-refractivity contribution < 1.29 is 9.53 Å². The maximum atomic E-state index is 12.5. The fraction of sp³-hybridized carbons (Fsp3) is 0.100. The molecule has 0 aliphatic rings. The summed E-state index contributed by atoms with van der Waals surface area (Å²) in [5, 5.41) is 6.75. The molecule has 0 bridgehead atoms. The fourth-order valence-corrected chi connectivity index (χ4v) is 2.53. The van der Waals surface area contributed by atoms with E-state index in [0.717, 1.165) is 5.56 Å². The number of carbonyl (C=O) groups excluding carboxylic acids is 1. The monoisotopic (exact) mass is 367 g/mol. The molecule has 3 aromatic rings. The molecule has 1 heterocycles. The fourth-order valence-electron chi connectivity index (χ4n) is 2.41. The summed E-state index contributed by atoms with van der Waals surface area (Å²) in [5.41, 5.74) is 2.19. The van der Waals surface area contributed by atoms with Crippen LogP contribution >= 0.6 is 11.6 Å². The largest absolute Gasteiger partial charge is 0.495 e. The van der Waals surface area contributed by atoms with Crippen molar-refractivity contribution in [2.24, 2.45) is 0 Å². The van der Waals surface area contributed by atoms with Crippen LogP contribution in [0.5, 0.6) is 5.75 Å². The molecule has 1 aromatic heterocycles. The number of anilines is 2. The summed E-state index contributed by atoms with van der Waals surface area (Å²) < 4.78 is 5.25. The molecular weight excluding hydrogens is 350 g/mol. The first-order valence-electron chi connectivity index (χ1n) is 8.04. The summed E-state index contributed by atoms with van der Waals surface area (Å²) in [7, 11) is 1.57. The predicted octanol–water partition coefficient (Wildman–Crippen LogP) is 4.61. The number of amides is 1. The Bertz CT molecular complexity index is 898. The molecule has 0 atom stereocenters. The van der Waals surface area contributed by atoms with Crippen LogP contribution < -0.4 is 15.4 Å². The Balaban J connectivity index is 1.68. The number of halogens is 1. The number of carbonyl (C=O) groups is 1. The van der Waals surface area contributed by atoms with E-state index in [2.05, 4.69) is 15.6 Å². The Labute approximate surface area is 157 Å². The number of benzene rings is 2. The van der Waals surface area contributed by atoms with Crippen LogP contribution in [-0.2, 0) is 6.54 Å². The molecule has 0 unspecified atom stereocenters. The highest BCUT2D eigenvalue weighted by Crippen LogP contribution is 2.24. The number of rotatable bonds is 6. The highest BCUT2D eigenvalue weighted by molar-refractivity contribution is 6.30. The van der Waals surface area contributed by atoms with Gasteiger partial charge in [-0.1, -0.05) is 35.9 Å². The van der Waals surface area contributed by atoms with Crippen molar-refractivity contribution in [3.8, 4) is 5.75 Å². The molecule has 132 valence electrons. The van der Waals surface area contributed by atoms with Gasteiger partial charge in [0, 0.05) is 23.3 Å². The Morgan fingerprint density at radius 2 is 1.88 bits per heavy atom. The number of para-hydroxylation sites is 2. The molecular formula is C20H18ClN3O2. The number of ether oxygens (including phenoxy) is 1. The van der Waals surface area contributed by atoms with E-state index in [4.69, 9.17) is 16.3 Å². The lowest BCUT2D eigenvalue weighted by Gasteiger charge is -2.11. The number of pyridine rings is 1. The van der Waals surface area contributed by atoms with Crippen LogP contribution in [0.4, 0.5) is 11.5 Å². The summed E-state index contributed by atoms with van der Waals surface area (Å²) in [6.45, 7) is 0.585. The number of hydrogen-bond acceptors (Lipinski definition) is 4. The molecule has 2 aromatic carbocycles. The van der Waals surface area contributed by atoms with E-state index < -0.39 is 0 Å². The number of hydrogen-bond donors (Lipinski definition) is 2. The van der Waals surface area contributed by atoms with Crippen molar-refractivity contribution in [1.29, 1.82) is 0 Å². The topological polar surface area (TPSA) is 63.2 Å². The Kier molecular flexibility index (Phi) is 5.71. The molecule has 0 aliphatic heterocycles. The first-order valence-corrected chi connectivity index (χ1v) is 8.42. The van der Waals surface area contributed by atoms with Gasteiger partial charge in [0.25, 0.3) is 5.91 Å². The van der Waals surface area contributed by atoms with Gasteiger partial charge in [-0.2, -0.15) is 0 Å². The van der Waals surface area contributed by atoms with E-state index in [1.54, 1.807) is 37.6 Å². The quantitative estimate of drug-likeness (QED) is 0.668. The number of nitrogens with one attached hydrogen (secondary N) is 2. The lowest BCUT2D eigenvalue weighted by Crippen LogP contribution is -2.13. The molecule has 0 radical (unpaired) electrons. The zero-order chi connectivity index (χ0) is 18.4. The lowest BCUT2D eigenvalue weighted by atomic mass is 10.2. The van der Waals surface area contributed by atoms with Gasteiger partial charge in [-0.25, -0.2) is 4.98 Å². The van der Waals surface area contributed by atoms with E-state index in [1.165, 1.54) is 0 Å². The summed E-state index contributed by atoms with van der Waals surface area (Å²) >= 11 is 5.89. The van der Waals surface area contributed by atoms with Crippen LogP contribution in [0.15, 0.2) is 66.9 Å². The molecule has 0 saturated carbocycles. The highest BCUT2D eigenvalue weighted by Gasteiger charge is 2.10. The van der Waals surface area contributed by atoms with E-state index in [1.807, 2.05) is 36.4 Å². The second kappa shape index (κ2) is 8.36. The van der Waals surface area contributed by atoms with Gasteiger partial charge in [-0.05, 0) is 42.0 Å². The minimum absolute atomic E-state index is 0.230. The van der Waals surface area contributed by atoms with Crippen molar-refractivity contribution in [1.82, 2.24) is 4.98 Å². The number of aromatic nitrogens is 1. The highest BCUT2D eigenvalue weighted by atomic mass is 35.5. The summed E-state index contributed by atoms with van der Waals surface area (Å²) in [6, 6.07) is 18.2. The van der Waals surface area contributed by atoms with Crippen LogP contribution in [0.25, 0.3) is 0 Å². The molecule has 0 fully saturated rings. The Morgan fingerprint density at radius 1 is 1.12 bits per heavy atom. The smallest absolute Gasteiger partial charge is 0.255 e. The lowest BCUT2D eigenvalue weighted by molar-refractivity contribution is 0.102. The van der Waals surface area contributed by atoms with Crippen molar-refractivity contribution in [2.75, 3.05) is 17.7 Å². The molecule has 0 spiro atoms. The van der Waals surface area contributed by atoms with Crippen LogP contribution in [0.3, 0.4) is 0 Å². The van der Waals surface area contributed by atoms with Gasteiger partial charge in [0.2, 0.25) is 0 Å². The second-order valence-corrected chi connectivity index (χ2v) is 6.00. The normalized spacial score (nSPS) is 10.2. The van der Waals surface area contributed by atoms with Gasteiger partial charge >= 0.3 is 0 Å². The summed E-state index contributed by atoms with van der Waals surface area (Å²) in [4.78, 5) is 16.8. The summed E-state index contributed by atoms with van der Waals surface area (Å²) in [5.74, 6) is 0.995. The standard InChI is InChI=1S/C20H18ClN3O2/c1-26-18-5-3-2-4-17(18)24-20(25)15-10-11-22-19(12-15)23-13-14-6-8-16(21)9-7-14/h2-12H,13H2,1H3,(H,22,23)(H,24,25). The number of methoxy groups -OCH3 is 1. The molecule has 6 heteroatoms. The first-order chi connectivity index (χ1) is 12.7. The van der Waals surface area contributed by atoms with Gasteiger partial charge in [0.05, 0.1) is 12.8 Å². The zero-order valence-electron chi connectivity index (χ0n) is 14.2. The van der Waals surface area contributed by atoms with Crippen molar-refractivity contribution >= 4 is 29.0 Å². The Morgan fingerprint density at radius 3 is 2.65 bits per heavy atom. The third-order valence-electron chi connectivity index (χ3n) is 3.76. The van der Waals surface area contributed by atoms with E-state index in [9.17, 15) is 4.79 Å². The molecule has 26 heavy (non-hydrogen) atoms. The third-order valence-corrected chi connectivity index (χ3v) is 4.02. The van der Waals surface area contributed by atoms with Crippen LogP contribution in [0.2, 0.25) is 5.02 Å². The summed E-state index contributed by atoms with van der Waals surface area (Å²) in [6.07, 6.45) is 1.60. The Hall–Kier alpha value is -3.05. The number of nitrogens with zero attached hydrogens (tertiary/aromatic N) is 1. The molecule has 1 amide bonds. The van der Waals surface area contributed by atoms with Gasteiger partial charge in [-0.15, -0.1) is 0 Å². The molecule has 0 aliphatic carbocycles. The van der Waals surface area contributed by atoms with E-state index in [-0.39, 0.29) is 5.91 Å².